The summed E-state index contributed by atoms with van der Waals surface area (Å²) in [6, 6.07) is 9.30. The van der Waals surface area contributed by atoms with Crippen LogP contribution in [0.1, 0.15) is 38.2 Å². The van der Waals surface area contributed by atoms with Gasteiger partial charge in [0.25, 0.3) is 0 Å². The second kappa shape index (κ2) is 8.44. The normalized spacial score (nSPS) is 21.2. The lowest BCUT2D eigenvalue weighted by Gasteiger charge is -2.47. The third kappa shape index (κ3) is 3.63. The van der Waals surface area contributed by atoms with E-state index in [0.717, 1.165) is 48.9 Å². The summed E-state index contributed by atoms with van der Waals surface area (Å²) in [6.07, 6.45) is 1.85. The zero-order valence-corrected chi connectivity index (χ0v) is 17.5. The van der Waals surface area contributed by atoms with Crippen molar-refractivity contribution in [3.05, 3.63) is 59.4 Å². The summed E-state index contributed by atoms with van der Waals surface area (Å²) < 4.78 is 47.0. The van der Waals surface area contributed by atoms with Crippen LogP contribution in [0.2, 0.25) is 0 Å². The molecule has 1 saturated carbocycles. The van der Waals surface area contributed by atoms with Gasteiger partial charge in [0.1, 0.15) is 17.5 Å². The molecule has 2 fully saturated rings. The van der Waals surface area contributed by atoms with Gasteiger partial charge in [-0.3, -0.25) is 4.90 Å². The number of hydrogen-bond acceptors (Lipinski definition) is 2. The molecule has 1 aliphatic heterocycles. The number of hydrogen-bond donors (Lipinski definition) is 1. The fourth-order valence-electron chi connectivity index (χ4n) is 4.42. The zero-order valence-electron chi connectivity index (χ0n) is 17.5. The Morgan fingerprint density at radius 1 is 0.933 bits per heavy atom. The minimum atomic E-state index is -0.607. The van der Waals surface area contributed by atoms with Crippen molar-refractivity contribution in [2.24, 2.45) is 0 Å². The topological polar surface area (TPSA) is 28.3 Å². The van der Waals surface area contributed by atoms with Gasteiger partial charge in [0, 0.05) is 17.5 Å². The second-order valence-corrected chi connectivity index (χ2v) is 7.91. The first-order valence-electron chi connectivity index (χ1n) is 10.6. The lowest BCUT2D eigenvalue weighted by Crippen LogP contribution is -2.54. The van der Waals surface area contributed by atoms with Crippen LogP contribution in [0.4, 0.5) is 13.2 Å². The highest BCUT2D eigenvalue weighted by molar-refractivity contribution is 5.92. The van der Waals surface area contributed by atoms with Crippen LogP contribution in [-0.4, -0.2) is 42.2 Å². The summed E-state index contributed by atoms with van der Waals surface area (Å²) in [4.78, 5) is 5.49. The number of nitrogens with zero attached hydrogens (tertiary/aromatic N) is 1. The molecule has 3 aromatic rings. The number of benzene rings is 2. The molecule has 6 heteroatoms. The number of halogens is 3. The quantitative estimate of drug-likeness (QED) is 0.577. The van der Waals surface area contributed by atoms with Crippen LogP contribution in [0.5, 0.6) is 0 Å². The molecule has 160 valence electrons. The molecule has 30 heavy (non-hydrogen) atoms. The Balaban J connectivity index is 0.00000106. The van der Waals surface area contributed by atoms with Crippen molar-refractivity contribution in [1.29, 1.82) is 0 Å². The van der Waals surface area contributed by atoms with Crippen LogP contribution < -0.4 is 0 Å². The summed E-state index contributed by atoms with van der Waals surface area (Å²) >= 11 is 0. The van der Waals surface area contributed by atoms with Gasteiger partial charge in [0.15, 0.2) is 0 Å². The summed E-state index contributed by atoms with van der Waals surface area (Å²) in [5, 5.41) is 0.579. The van der Waals surface area contributed by atoms with Gasteiger partial charge in [0.05, 0.1) is 30.5 Å². The smallest absolute Gasteiger partial charge is 0.150 e. The lowest BCUT2D eigenvalue weighted by atomic mass is 9.73. The van der Waals surface area contributed by atoms with Crippen molar-refractivity contribution in [3.63, 3.8) is 0 Å². The summed E-state index contributed by atoms with van der Waals surface area (Å²) in [5.41, 5.74) is 2.75. The predicted molar refractivity (Wildman–Crippen MR) is 113 cm³/mol. The molecule has 0 spiro atoms. The summed E-state index contributed by atoms with van der Waals surface area (Å²) in [7, 11) is 2.11. The van der Waals surface area contributed by atoms with E-state index in [1.807, 2.05) is 13.8 Å². The van der Waals surface area contributed by atoms with Gasteiger partial charge in [-0.15, -0.1) is 0 Å². The fraction of sp³-hybridized carbons (Fsp3) is 0.417. The van der Waals surface area contributed by atoms with Crippen LogP contribution in [-0.2, 0) is 4.74 Å². The Morgan fingerprint density at radius 2 is 1.60 bits per heavy atom. The molecular weight excluding hydrogens is 389 g/mol. The first kappa shape index (κ1) is 20.9. The number of likely N-dealkylation sites (N-methyl/N-ethyl adjacent to an activating group) is 1. The standard InChI is InChI=1S/C22H21F3N2O.C2H6/c1-27(17-10-28-11-17)16-6-13(7-16)20-18-8-15(24)9-19(25)22(18)26-21(20)12-2-4-14(23)5-3-12;1-2/h2-5,8-9,13,16-17,26H,6-7,10-11H2,1H3;1-2H3. The van der Waals surface area contributed by atoms with E-state index in [1.54, 1.807) is 12.1 Å². The molecule has 0 amide bonds. The molecule has 3 nitrogen and oxygen atoms in total. The number of ether oxygens (including phenoxy) is 1. The maximum Gasteiger partial charge on any atom is 0.150 e. The number of rotatable bonds is 4. The van der Waals surface area contributed by atoms with Crippen molar-refractivity contribution in [1.82, 2.24) is 9.88 Å². The van der Waals surface area contributed by atoms with Gasteiger partial charge in [-0.2, -0.15) is 0 Å². The molecule has 0 radical (unpaired) electrons. The second-order valence-electron chi connectivity index (χ2n) is 7.91. The van der Waals surface area contributed by atoms with Crippen LogP contribution in [0, 0.1) is 17.5 Å². The van der Waals surface area contributed by atoms with Crippen molar-refractivity contribution in [3.8, 4) is 11.3 Å². The average Bonchev–Trinajstić information content (AvgIpc) is 3.01. The molecular formula is C24H27F3N2O. The highest BCUT2D eigenvalue weighted by Crippen LogP contribution is 2.47. The minimum Gasteiger partial charge on any atom is -0.378 e. The third-order valence-electron chi connectivity index (χ3n) is 6.29. The van der Waals surface area contributed by atoms with E-state index in [2.05, 4.69) is 16.9 Å². The van der Waals surface area contributed by atoms with Crippen molar-refractivity contribution >= 4 is 10.9 Å². The molecule has 2 aromatic carbocycles. The number of H-pyrrole nitrogens is 1. The van der Waals surface area contributed by atoms with E-state index < -0.39 is 11.6 Å². The summed E-state index contributed by atoms with van der Waals surface area (Å²) in [6.45, 7) is 5.53. The SMILES string of the molecule is CC.CN(C1COC1)C1CC(c2c(-c3ccc(F)cc3)[nH]c3c(F)cc(F)cc23)C1. The maximum atomic E-state index is 14.4. The Hall–Kier alpha value is -2.31. The molecule has 1 saturated heterocycles. The van der Waals surface area contributed by atoms with E-state index in [-0.39, 0.29) is 11.7 Å². The Morgan fingerprint density at radius 3 is 2.20 bits per heavy atom. The molecule has 2 heterocycles. The van der Waals surface area contributed by atoms with E-state index in [4.69, 9.17) is 4.74 Å². The first-order chi connectivity index (χ1) is 14.5. The number of aromatic nitrogens is 1. The lowest BCUT2D eigenvalue weighted by molar-refractivity contribution is -0.0817. The molecule has 1 aliphatic carbocycles. The number of fused-ring (bicyclic) bond motifs is 1. The van der Waals surface area contributed by atoms with Crippen LogP contribution in [0.15, 0.2) is 36.4 Å². The van der Waals surface area contributed by atoms with E-state index >= 15 is 0 Å². The van der Waals surface area contributed by atoms with Gasteiger partial charge in [-0.1, -0.05) is 13.8 Å². The number of nitrogens with one attached hydrogen (secondary N) is 1. The maximum absolute atomic E-state index is 14.4. The van der Waals surface area contributed by atoms with Crippen LogP contribution >= 0.6 is 0 Å². The van der Waals surface area contributed by atoms with Crippen molar-refractivity contribution in [2.45, 2.75) is 44.7 Å². The van der Waals surface area contributed by atoms with Crippen LogP contribution in [0.3, 0.4) is 0 Å². The highest BCUT2D eigenvalue weighted by atomic mass is 19.1. The van der Waals surface area contributed by atoms with E-state index in [0.29, 0.717) is 23.0 Å². The first-order valence-corrected chi connectivity index (χ1v) is 10.6. The summed E-state index contributed by atoms with van der Waals surface area (Å²) in [5.74, 6) is -1.32. The Labute approximate surface area is 174 Å². The third-order valence-corrected chi connectivity index (χ3v) is 6.29. The van der Waals surface area contributed by atoms with Crippen LogP contribution in [0.25, 0.3) is 22.2 Å². The zero-order chi connectivity index (χ0) is 21.4. The minimum absolute atomic E-state index is 0.198. The highest BCUT2D eigenvalue weighted by Gasteiger charge is 2.40. The molecule has 2 aliphatic rings. The van der Waals surface area contributed by atoms with Gasteiger partial charge in [-0.25, -0.2) is 13.2 Å². The van der Waals surface area contributed by atoms with Gasteiger partial charge >= 0.3 is 0 Å². The molecule has 0 atom stereocenters. The van der Waals surface area contributed by atoms with Crippen molar-refractivity contribution < 1.29 is 17.9 Å². The van der Waals surface area contributed by atoms with E-state index in [1.165, 1.54) is 18.2 Å². The Kier molecular flexibility index (Phi) is 5.89. The monoisotopic (exact) mass is 416 g/mol. The molecule has 1 aromatic heterocycles. The predicted octanol–water partition coefficient (Wildman–Crippen LogP) is 5.86. The van der Waals surface area contributed by atoms with Crippen molar-refractivity contribution in [2.75, 3.05) is 20.3 Å². The molecule has 1 N–H and O–H groups in total. The Bertz CT molecular complexity index is 1020. The molecule has 5 rings (SSSR count). The molecule has 0 bridgehead atoms. The van der Waals surface area contributed by atoms with Gasteiger partial charge < -0.3 is 9.72 Å². The van der Waals surface area contributed by atoms with Gasteiger partial charge in [0.2, 0.25) is 0 Å². The fourth-order valence-corrected chi connectivity index (χ4v) is 4.42. The van der Waals surface area contributed by atoms with Gasteiger partial charge in [-0.05, 0) is 67.3 Å². The average molecular weight is 416 g/mol. The number of aromatic amines is 1. The van der Waals surface area contributed by atoms with E-state index in [9.17, 15) is 13.2 Å². The molecule has 0 unspecified atom stereocenters. The largest absolute Gasteiger partial charge is 0.378 e.